The molecular weight excluding hydrogens is 271 g/mol. The van der Waals surface area contributed by atoms with Gasteiger partial charge < -0.3 is 0 Å². The third-order valence-electron chi connectivity index (χ3n) is 1.96. The van der Waals surface area contributed by atoms with Gasteiger partial charge in [0.2, 0.25) is 0 Å². The van der Waals surface area contributed by atoms with Crippen molar-refractivity contribution in [2.75, 3.05) is 0 Å². The summed E-state index contributed by atoms with van der Waals surface area (Å²) >= 11 is 15.3. The first-order valence-corrected chi connectivity index (χ1v) is 5.81. The first-order valence-electron chi connectivity index (χ1n) is 4.10. The Bertz CT molecular complexity index is 308. The maximum absolute atomic E-state index is 6.11. The van der Waals surface area contributed by atoms with Crippen LogP contribution >= 0.6 is 39.1 Å². The van der Waals surface area contributed by atoms with Crippen molar-refractivity contribution in [3.05, 3.63) is 32.8 Å². The van der Waals surface area contributed by atoms with Gasteiger partial charge in [0.15, 0.2) is 0 Å². The summed E-state index contributed by atoms with van der Waals surface area (Å²) in [6.07, 6.45) is 0. The van der Waals surface area contributed by atoms with E-state index in [1.165, 1.54) is 5.56 Å². The van der Waals surface area contributed by atoms with Crippen molar-refractivity contribution in [3.63, 3.8) is 0 Å². The minimum Gasteiger partial charge on any atom is -0.121 e. The summed E-state index contributed by atoms with van der Waals surface area (Å²) in [6, 6.07) is 4.05. The molecule has 3 heteroatoms. The predicted molar refractivity (Wildman–Crippen MR) is 62.8 cm³/mol. The predicted octanol–water partition coefficient (Wildman–Crippen LogP) is 4.96. The van der Waals surface area contributed by atoms with Crippen LogP contribution in [0.3, 0.4) is 0 Å². The highest BCUT2D eigenvalue weighted by atomic mass is 79.9. The Morgan fingerprint density at radius 2 is 2.00 bits per heavy atom. The zero-order valence-corrected chi connectivity index (χ0v) is 10.7. The van der Waals surface area contributed by atoms with Crippen LogP contribution in [0.5, 0.6) is 0 Å². The molecule has 0 unspecified atom stereocenters. The summed E-state index contributed by atoms with van der Waals surface area (Å²) in [5.74, 6) is 0.923. The van der Waals surface area contributed by atoms with E-state index in [0.29, 0.717) is 11.8 Å². The Labute approximate surface area is 97.4 Å². The molecule has 1 aromatic rings. The normalized spacial score (nSPS) is 10.9. The molecule has 0 amide bonds. The third kappa shape index (κ3) is 2.39. The van der Waals surface area contributed by atoms with Gasteiger partial charge in [-0.25, -0.2) is 0 Å². The second kappa shape index (κ2) is 4.68. The number of hydrogen-bond donors (Lipinski definition) is 0. The Hall–Kier alpha value is 0.280. The molecule has 0 bridgehead atoms. The van der Waals surface area contributed by atoms with Crippen LogP contribution in [-0.2, 0) is 5.88 Å². The Morgan fingerprint density at radius 1 is 1.38 bits per heavy atom. The molecule has 0 spiro atoms. The largest absolute Gasteiger partial charge is 0.121 e. The summed E-state index contributed by atoms with van der Waals surface area (Å²) in [7, 11) is 0. The molecule has 1 rings (SSSR count). The smallest absolute Gasteiger partial charge is 0.0595 e. The molecular formula is C10H11BrCl2. The van der Waals surface area contributed by atoms with Crippen LogP contribution in [0.4, 0.5) is 0 Å². The molecule has 13 heavy (non-hydrogen) atoms. The van der Waals surface area contributed by atoms with E-state index < -0.39 is 0 Å². The van der Waals surface area contributed by atoms with E-state index in [-0.39, 0.29) is 0 Å². The van der Waals surface area contributed by atoms with Gasteiger partial charge in [0.1, 0.15) is 0 Å². The van der Waals surface area contributed by atoms with Crippen LogP contribution in [0.15, 0.2) is 16.6 Å². The van der Waals surface area contributed by atoms with Crippen molar-refractivity contribution < 1.29 is 0 Å². The van der Waals surface area contributed by atoms with Crippen molar-refractivity contribution in [3.8, 4) is 0 Å². The topological polar surface area (TPSA) is 0 Å². The lowest BCUT2D eigenvalue weighted by Gasteiger charge is -2.11. The quantitative estimate of drug-likeness (QED) is 0.672. The molecule has 0 aliphatic carbocycles. The van der Waals surface area contributed by atoms with Crippen molar-refractivity contribution in [1.29, 1.82) is 0 Å². The highest BCUT2D eigenvalue weighted by Gasteiger charge is 2.10. The van der Waals surface area contributed by atoms with Crippen LogP contribution in [0.1, 0.15) is 30.9 Å². The molecule has 0 radical (unpaired) electrons. The second-order valence-electron chi connectivity index (χ2n) is 3.23. The lowest BCUT2D eigenvalue weighted by atomic mass is 10.0. The summed E-state index contributed by atoms with van der Waals surface area (Å²) in [6.45, 7) is 4.27. The van der Waals surface area contributed by atoms with Crippen LogP contribution in [0.25, 0.3) is 0 Å². The number of benzene rings is 1. The van der Waals surface area contributed by atoms with Gasteiger partial charge in [-0.3, -0.25) is 0 Å². The van der Waals surface area contributed by atoms with E-state index in [4.69, 9.17) is 23.2 Å². The monoisotopic (exact) mass is 280 g/mol. The molecule has 0 heterocycles. The van der Waals surface area contributed by atoms with Gasteiger partial charge >= 0.3 is 0 Å². The lowest BCUT2D eigenvalue weighted by molar-refractivity contribution is 0.860. The van der Waals surface area contributed by atoms with Crippen LogP contribution in [0.2, 0.25) is 5.02 Å². The maximum Gasteiger partial charge on any atom is 0.0595 e. The van der Waals surface area contributed by atoms with Gasteiger partial charge in [-0.2, -0.15) is 0 Å². The highest BCUT2D eigenvalue weighted by molar-refractivity contribution is 9.10. The fourth-order valence-electron chi connectivity index (χ4n) is 1.15. The first-order chi connectivity index (χ1) is 6.07. The number of rotatable bonds is 2. The molecule has 0 aliphatic heterocycles. The molecule has 0 fully saturated rings. The average Bonchev–Trinajstić information content (AvgIpc) is 2.09. The van der Waals surface area contributed by atoms with E-state index in [2.05, 4.69) is 35.8 Å². The number of halogens is 3. The van der Waals surface area contributed by atoms with Crippen LogP contribution < -0.4 is 0 Å². The number of alkyl halides is 1. The van der Waals surface area contributed by atoms with E-state index in [9.17, 15) is 0 Å². The van der Waals surface area contributed by atoms with Gasteiger partial charge in [0, 0.05) is 10.4 Å². The van der Waals surface area contributed by atoms with E-state index >= 15 is 0 Å². The summed E-state index contributed by atoms with van der Waals surface area (Å²) in [4.78, 5) is 0. The van der Waals surface area contributed by atoms with Crippen molar-refractivity contribution >= 4 is 39.1 Å². The van der Waals surface area contributed by atoms with Gasteiger partial charge in [0.05, 0.1) is 5.02 Å². The standard InChI is InChI=1S/C10H11BrCl2/c1-6(2)8-4-3-7(5-12)10(13)9(8)11/h3-4,6H,5H2,1-2H3. The number of hydrogen-bond acceptors (Lipinski definition) is 0. The molecule has 0 saturated heterocycles. The van der Waals surface area contributed by atoms with Gasteiger partial charge in [-0.1, -0.05) is 37.6 Å². The molecule has 0 N–H and O–H groups in total. The van der Waals surface area contributed by atoms with Crippen molar-refractivity contribution in [2.45, 2.75) is 25.6 Å². The molecule has 1 aromatic carbocycles. The molecule has 0 aromatic heterocycles. The maximum atomic E-state index is 6.11. The molecule has 0 saturated carbocycles. The molecule has 72 valence electrons. The van der Waals surface area contributed by atoms with Gasteiger partial charge in [0.25, 0.3) is 0 Å². The average molecular weight is 282 g/mol. The zero-order valence-electron chi connectivity index (χ0n) is 7.57. The van der Waals surface area contributed by atoms with Gasteiger partial charge in [-0.15, -0.1) is 11.6 Å². The summed E-state index contributed by atoms with van der Waals surface area (Å²) in [5, 5.41) is 0.737. The Morgan fingerprint density at radius 3 is 2.46 bits per heavy atom. The summed E-state index contributed by atoms with van der Waals surface area (Å²) < 4.78 is 0.974. The summed E-state index contributed by atoms with van der Waals surface area (Å²) in [5.41, 5.74) is 2.19. The van der Waals surface area contributed by atoms with Crippen LogP contribution in [-0.4, -0.2) is 0 Å². The Kier molecular flexibility index (Phi) is 4.08. The minimum absolute atomic E-state index is 0.454. The minimum atomic E-state index is 0.454. The Balaban J connectivity index is 3.23. The molecule has 0 aliphatic rings. The van der Waals surface area contributed by atoms with Gasteiger partial charge in [-0.05, 0) is 33.0 Å². The molecule has 0 atom stereocenters. The second-order valence-corrected chi connectivity index (χ2v) is 4.67. The SMILES string of the molecule is CC(C)c1ccc(CCl)c(Cl)c1Br. The molecule has 0 nitrogen and oxygen atoms in total. The van der Waals surface area contributed by atoms with E-state index in [1.807, 2.05) is 6.07 Å². The van der Waals surface area contributed by atoms with Crippen LogP contribution in [0, 0.1) is 0 Å². The van der Waals surface area contributed by atoms with E-state index in [0.717, 1.165) is 15.1 Å². The first kappa shape index (κ1) is 11.4. The zero-order chi connectivity index (χ0) is 10.0. The van der Waals surface area contributed by atoms with Crippen molar-refractivity contribution in [1.82, 2.24) is 0 Å². The van der Waals surface area contributed by atoms with E-state index in [1.54, 1.807) is 0 Å². The highest BCUT2D eigenvalue weighted by Crippen LogP contribution is 2.34. The fourth-order valence-corrected chi connectivity index (χ4v) is 2.53. The lowest BCUT2D eigenvalue weighted by Crippen LogP contribution is -1.92. The third-order valence-corrected chi connectivity index (χ3v) is 3.76. The fraction of sp³-hybridized carbons (Fsp3) is 0.400. The van der Waals surface area contributed by atoms with Crippen molar-refractivity contribution in [2.24, 2.45) is 0 Å².